The number of hydrogen-bond acceptors (Lipinski definition) is 5. The maximum Gasteiger partial charge on any atom is 0.323 e. The van der Waals surface area contributed by atoms with E-state index in [9.17, 15) is 19.1 Å². The van der Waals surface area contributed by atoms with Crippen LogP contribution >= 0.6 is 0 Å². The average Bonchev–Trinajstić information content (AvgIpc) is 2.97. The molecule has 0 spiro atoms. The van der Waals surface area contributed by atoms with Gasteiger partial charge in [0.25, 0.3) is 0 Å². The number of hydrogen-bond donors (Lipinski definition) is 3. The van der Waals surface area contributed by atoms with Gasteiger partial charge in [-0.25, -0.2) is 9.18 Å². The number of aliphatic hydroxyl groups excluding tert-OH is 1. The van der Waals surface area contributed by atoms with Crippen molar-refractivity contribution in [2.24, 2.45) is 5.92 Å². The van der Waals surface area contributed by atoms with Gasteiger partial charge < -0.3 is 25.4 Å². The van der Waals surface area contributed by atoms with E-state index >= 15 is 0 Å². The first-order chi connectivity index (χ1) is 19.2. The number of amides is 3. The molecule has 1 heterocycles. The summed E-state index contributed by atoms with van der Waals surface area (Å²) in [6.45, 7) is 5.58. The van der Waals surface area contributed by atoms with Gasteiger partial charge in [-0.05, 0) is 62.0 Å². The molecule has 0 aromatic heterocycles. The van der Waals surface area contributed by atoms with Gasteiger partial charge in [-0.1, -0.05) is 37.3 Å². The van der Waals surface area contributed by atoms with Crippen LogP contribution in [0, 0.1) is 11.7 Å². The summed E-state index contributed by atoms with van der Waals surface area (Å²) in [5.41, 5.74) is 2.78. The predicted molar refractivity (Wildman–Crippen MR) is 154 cm³/mol. The summed E-state index contributed by atoms with van der Waals surface area (Å²) in [5, 5.41) is 15.3. The number of rotatable bonds is 8. The Balaban J connectivity index is 1.55. The first-order valence-corrected chi connectivity index (χ1v) is 13.5. The fourth-order valence-electron chi connectivity index (χ4n) is 4.82. The molecule has 9 heteroatoms. The molecule has 0 fully saturated rings. The second-order valence-corrected chi connectivity index (χ2v) is 10.5. The lowest BCUT2D eigenvalue weighted by Gasteiger charge is -2.34. The molecule has 212 valence electrons. The quantitative estimate of drug-likeness (QED) is 0.378. The van der Waals surface area contributed by atoms with Crippen LogP contribution in [-0.4, -0.2) is 65.7 Å². The van der Waals surface area contributed by atoms with Crippen molar-refractivity contribution in [1.29, 1.82) is 0 Å². The maximum absolute atomic E-state index is 13.4. The van der Waals surface area contributed by atoms with Gasteiger partial charge in [0.05, 0.1) is 19.1 Å². The number of fused-ring (bicyclic) bond motifs is 1. The van der Waals surface area contributed by atoms with E-state index in [1.165, 1.54) is 29.8 Å². The zero-order chi connectivity index (χ0) is 28.6. The third-order valence-electron chi connectivity index (χ3n) is 7.06. The van der Waals surface area contributed by atoms with E-state index in [1.54, 1.807) is 23.1 Å². The van der Waals surface area contributed by atoms with Crippen molar-refractivity contribution in [3.05, 3.63) is 89.7 Å². The van der Waals surface area contributed by atoms with Crippen LogP contribution in [0.3, 0.4) is 0 Å². The topological polar surface area (TPSA) is 94.1 Å². The summed E-state index contributed by atoms with van der Waals surface area (Å²) in [6.07, 6.45) is -0.166. The minimum atomic E-state index is -0.494. The van der Waals surface area contributed by atoms with Gasteiger partial charge in [0.2, 0.25) is 5.91 Å². The SMILES string of the molecule is C[C@@H]1CN([C@@H](C)CO)C(=O)Cc2cc(NC(=O)Nc3ccc(F)cc3)ccc2O[C@@H]1CN(C)Cc1ccccc1. The number of nitrogens with zero attached hydrogens (tertiary/aromatic N) is 2. The van der Waals surface area contributed by atoms with E-state index in [4.69, 9.17) is 4.74 Å². The van der Waals surface area contributed by atoms with E-state index in [-0.39, 0.29) is 37.0 Å². The molecule has 0 unspecified atom stereocenters. The summed E-state index contributed by atoms with van der Waals surface area (Å²) >= 11 is 0. The molecule has 3 aromatic carbocycles. The molecule has 40 heavy (non-hydrogen) atoms. The molecule has 3 atom stereocenters. The van der Waals surface area contributed by atoms with Crippen LogP contribution in [0.5, 0.6) is 5.75 Å². The van der Waals surface area contributed by atoms with Crippen LogP contribution in [0.15, 0.2) is 72.8 Å². The molecule has 1 aliphatic heterocycles. The number of benzene rings is 3. The van der Waals surface area contributed by atoms with Crippen LogP contribution in [0.2, 0.25) is 0 Å². The summed E-state index contributed by atoms with van der Waals surface area (Å²) in [7, 11) is 2.04. The average molecular weight is 549 g/mol. The zero-order valence-electron chi connectivity index (χ0n) is 23.1. The van der Waals surface area contributed by atoms with Gasteiger partial charge in [0, 0.05) is 42.5 Å². The van der Waals surface area contributed by atoms with Crippen LogP contribution < -0.4 is 15.4 Å². The van der Waals surface area contributed by atoms with Crippen LogP contribution in [0.1, 0.15) is 25.0 Å². The highest BCUT2D eigenvalue weighted by atomic mass is 19.1. The third-order valence-corrected chi connectivity index (χ3v) is 7.06. The zero-order valence-corrected chi connectivity index (χ0v) is 23.1. The summed E-state index contributed by atoms with van der Waals surface area (Å²) in [5.74, 6) is 0.0591. The molecule has 0 saturated carbocycles. The van der Waals surface area contributed by atoms with Crippen molar-refractivity contribution in [2.75, 3.05) is 37.4 Å². The largest absolute Gasteiger partial charge is 0.488 e. The Kier molecular flexibility index (Phi) is 9.74. The van der Waals surface area contributed by atoms with Crippen molar-refractivity contribution in [3.8, 4) is 5.75 Å². The Hall–Kier alpha value is -3.95. The van der Waals surface area contributed by atoms with Gasteiger partial charge >= 0.3 is 6.03 Å². The predicted octanol–water partition coefficient (Wildman–Crippen LogP) is 4.75. The van der Waals surface area contributed by atoms with E-state index in [2.05, 4.69) is 34.6 Å². The molecule has 3 aromatic rings. The second-order valence-electron chi connectivity index (χ2n) is 10.5. The minimum Gasteiger partial charge on any atom is -0.488 e. The highest BCUT2D eigenvalue weighted by Crippen LogP contribution is 2.29. The third kappa shape index (κ3) is 7.80. The lowest BCUT2D eigenvalue weighted by Crippen LogP contribution is -2.47. The fourth-order valence-corrected chi connectivity index (χ4v) is 4.82. The first kappa shape index (κ1) is 29.0. The standard InChI is InChI=1S/C31H37FN4O4/c1-21-17-36(22(2)20-37)30(38)16-24-15-27(34-31(39)33-26-11-9-25(32)10-12-26)13-14-28(24)40-29(21)19-35(3)18-23-7-5-4-6-8-23/h4-15,21-22,29,37H,16-20H2,1-3H3,(H2,33,34,39)/t21-,22+,29-/m1/s1. The highest BCUT2D eigenvalue weighted by Gasteiger charge is 2.31. The van der Waals surface area contributed by atoms with Gasteiger partial charge in [-0.2, -0.15) is 0 Å². The monoisotopic (exact) mass is 548 g/mol. The lowest BCUT2D eigenvalue weighted by atomic mass is 10.0. The van der Waals surface area contributed by atoms with Gasteiger partial charge in [0.1, 0.15) is 17.7 Å². The normalized spacial score (nSPS) is 18.1. The van der Waals surface area contributed by atoms with Crippen molar-refractivity contribution in [3.63, 3.8) is 0 Å². The molecule has 0 saturated heterocycles. The van der Waals surface area contributed by atoms with E-state index in [0.717, 1.165) is 6.54 Å². The molecule has 0 bridgehead atoms. The first-order valence-electron chi connectivity index (χ1n) is 13.5. The summed E-state index contributed by atoms with van der Waals surface area (Å²) in [6, 6.07) is 20.1. The number of halogens is 1. The van der Waals surface area contributed by atoms with Crippen molar-refractivity contribution >= 4 is 23.3 Å². The van der Waals surface area contributed by atoms with E-state index in [1.807, 2.05) is 32.2 Å². The van der Waals surface area contributed by atoms with Crippen LogP contribution in [0.4, 0.5) is 20.6 Å². The molecule has 0 radical (unpaired) electrons. The molecule has 8 nitrogen and oxygen atoms in total. The Morgan fingerprint density at radius 3 is 2.48 bits per heavy atom. The molecule has 3 amide bonds. The number of aliphatic hydroxyl groups is 1. The number of anilines is 2. The highest BCUT2D eigenvalue weighted by molar-refractivity contribution is 5.99. The van der Waals surface area contributed by atoms with Crippen molar-refractivity contribution in [1.82, 2.24) is 9.80 Å². The number of nitrogens with one attached hydrogen (secondary N) is 2. The Labute approximate surface area is 234 Å². The smallest absolute Gasteiger partial charge is 0.323 e. The lowest BCUT2D eigenvalue weighted by molar-refractivity contribution is -0.134. The number of urea groups is 1. The Morgan fingerprint density at radius 2 is 1.77 bits per heavy atom. The number of likely N-dealkylation sites (N-methyl/N-ethyl adjacent to an activating group) is 1. The molecule has 3 N–H and O–H groups in total. The van der Waals surface area contributed by atoms with Crippen molar-refractivity contribution < 1.29 is 23.8 Å². The Morgan fingerprint density at radius 1 is 1.10 bits per heavy atom. The molecule has 0 aliphatic carbocycles. The molecular weight excluding hydrogens is 511 g/mol. The van der Waals surface area contributed by atoms with E-state index in [0.29, 0.717) is 35.8 Å². The van der Waals surface area contributed by atoms with E-state index < -0.39 is 11.8 Å². The van der Waals surface area contributed by atoms with Gasteiger partial charge in [0.15, 0.2) is 0 Å². The summed E-state index contributed by atoms with van der Waals surface area (Å²) < 4.78 is 19.8. The minimum absolute atomic E-state index is 0.0126. The number of carbonyl (C=O) groups excluding carboxylic acids is 2. The number of carbonyl (C=O) groups is 2. The molecule has 4 rings (SSSR count). The fraction of sp³-hybridized carbons (Fsp3) is 0.355. The second kappa shape index (κ2) is 13.4. The molecular formula is C31H37FN4O4. The maximum atomic E-state index is 13.4. The van der Waals surface area contributed by atoms with Crippen molar-refractivity contribution in [2.45, 2.75) is 39.0 Å². The van der Waals surface area contributed by atoms with Crippen LogP contribution in [0.25, 0.3) is 0 Å². The summed E-state index contributed by atoms with van der Waals surface area (Å²) in [4.78, 5) is 29.9. The molecule has 1 aliphatic rings. The van der Waals surface area contributed by atoms with Crippen LogP contribution in [-0.2, 0) is 17.8 Å². The van der Waals surface area contributed by atoms with Gasteiger partial charge in [-0.3, -0.25) is 9.69 Å². The Bertz CT molecular complexity index is 1290. The van der Waals surface area contributed by atoms with Gasteiger partial charge in [-0.15, -0.1) is 0 Å². The number of ether oxygens (including phenoxy) is 1.